The van der Waals surface area contributed by atoms with Crippen LogP contribution in [-0.4, -0.2) is 5.16 Å². The van der Waals surface area contributed by atoms with E-state index >= 15 is 0 Å². The zero-order valence-electron chi connectivity index (χ0n) is 4.00. The summed E-state index contributed by atoms with van der Waals surface area (Å²) in [4.78, 5) is 0. The van der Waals surface area contributed by atoms with Gasteiger partial charge in [-0.3, -0.25) is 0 Å². The lowest BCUT2D eigenvalue weighted by atomic mass is 10.5. The summed E-state index contributed by atoms with van der Waals surface area (Å²) < 4.78 is 9.27. The Hall–Kier alpha value is -0.100. The molecule has 0 spiro atoms. The van der Waals surface area contributed by atoms with Crippen molar-refractivity contribution in [1.82, 2.24) is 5.16 Å². The van der Waals surface area contributed by atoms with E-state index in [1.165, 1.54) is 6.26 Å². The fraction of sp³-hybridized carbons (Fsp3) is 0.250. The van der Waals surface area contributed by atoms with E-state index in [1.807, 2.05) is 0 Å². The predicted molar refractivity (Wildman–Crippen MR) is 35.3 cm³/mol. The molecule has 1 heterocycles. The van der Waals surface area contributed by atoms with Crippen LogP contribution in [-0.2, 0) is 9.67 Å². The van der Waals surface area contributed by atoms with Gasteiger partial charge in [-0.1, -0.05) is 5.16 Å². The van der Waals surface area contributed by atoms with E-state index in [9.17, 15) is 0 Å². The van der Waals surface area contributed by atoms with Crippen molar-refractivity contribution in [3.05, 3.63) is 18.0 Å². The van der Waals surface area contributed by atoms with Crippen LogP contribution in [0.5, 0.6) is 0 Å². The Kier molecular flexibility index (Phi) is 2.28. The van der Waals surface area contributed by atoms with Gasteiger partial charge in [0.15, 0.2) is 0 Å². The van der Waals surface area contributed by atoms with Gasteiger partial charge >= 0.3 is 0 Å². The van der Waals surface area contributed by atoms with Gasteiger partial charge < -0.3 is 7.59 Å². The van der Waals surface area contributed by atoms with Crippen LogP contribution >= 0.6 is 23.0 Å². The van der Waals surface area contributed by atoms with Crippen LogP contribution < -0.4 is 0 Å². The van der Waals surface area contributed by atoms with E-state index in [0.717, 1.165) is 5.69 Å². The van der Waals surface area contributed by atoms with E-state index in [-0.39, 0.29) is 0 Å². The van der Waals surface area contributed by atoms with Gasteiger partial charge in [0.05, 0.1) is 0 Å². The molecule has 0 amide bonds. The number of halogens is 1. The van der Waals surface area contributed by atoms with Gasteiger partial charge in [-0.25, -0.2) is 0 Å². The van der Waals surface area contributed by atoms with Crippen LogP contribution in [0.4, 0.5) is 0 Å². The zero-order valence-corrected chi connectivity index (χ0v) is 6.16. The zero-order chi connectivity index (χ0) is 5.82. The lowest BCUT2D eigenvalue weighted by Gasteiger charge is -1.83. The van der Waals surface area contributed by atoms with Gasteiger partial charge in [0.1, 0.15) is 41.6 Å². The molecule has 1 rings (SSSR count). The molecule has 0 N–H and O–H groups in total. The number of aromatic nitrogens is 1. The minimum Gasteiger partial charge on any atom is -0.364 e. The van der Waals surface area contributed by atoms with Crippen molar-refractivity contribution in [2.75, 3.05) is 0 Å². The van der Waals surface area contributed by atoms with Crippen LogP contribution in [0.1, 0.15) is 5.69 Å². The van der Waals surface area contributed by atoms with E-state index in [0.29, 0.717) is 6.61 Å². The highest BCUT2D eigenvalue weighted by Gasteiger charge is 1.91. The first-order valence-corrected chi connectivity index (χ1v) is 2.94. The maximum Gasteiger partial charge on any atom is 0.124 e. The molecule has 0 fully saturated rings. The van der Waals surface area contributed by atoms with Gasteiger partial charge in [-0.2, -0.15) is 0 Å². The van der Waals surface area contributed by atoms with Crippen molar-refractivity contribution in [1.29, 1.82) is 0 Å². The molecule has 0 bridgehead atoms. The third kappa shape index (κ3) is 1.45. The summed E-state index contributed by atoms with van der Waals surface area (Å²) in [6, 6.07) is 1.76. The van der Waals surface area contributed by atoms with Crippen LogP contribution in [0.15, 0.2) is 16.9 Å². The van der Waals surface area contributed by atoms with Gasteiger partial charge in [0.25, 0.3) is 0 Å². The van der Waals surface area contributed by atoms with Crippen molar-refractivity contribution < 1.29 is 7.59 Å². The van der Waals surface area contributed by atoms with E-state index in [2.05, 4.69) is 9.68 Å². The highest BCUT2D eigenvalue weighted by Crippen LogP contribution is 1.98. The molecule has 0 saturated heterocycles. The Labute approximate surface area is 60.7 Å². The summed E-state index contributed by atoms with van der Waals surface area (Å²) in [7, 11) is 0. The van der Waals surface area contributed by atoms with E-state index < -0.39 is 0 Å². The van der Waals surface area contributed by atoms with Crippen molar-refractivity contribution in [2.24, 2.45) is 0 Å². The van der Waals surface area contributed by atoms with Crippen LogP contribution in [0.3, 0.4) is 0 Å². The lowest BCUT2D eigenvalue weighted by Crippen LogP contribution is -1.80. The quantitative estimate of drug-likeness (QED) is 0.716. The first kappa shape index (κ1) is 6.03. The van der Waals surface area contributed by atoms with Gasteiger partial charge in [-0.05, 0) is 0 Å². The topological polar surface area (TPSA) is 35.3 Å². The molecule has 0 unspecified atom stereocenters. The average molecular weight is 225 g/mol. The Morgan fingerprint density at radius 3 is 3.25 bits per heavy atom. The molecule has 3 nitrogen and oxygen atoms in total. The predicted octanol–water partition coefficient (Wildman–Crippen LogP) is 1.54. The van der Waals surface area contributed by atoms with E-state index in [1.54, 1.807) is 29.1 Å². The fourth-order valence-electron chi connectivity index (χ4n) is 0.368. The monoisotopic (exact) mass is 225 g/mol. The lowest BCUT2D eigenvalue weighted by molar-refractivity contribution is 0.366. The summed E-state index contributed by atoms with van der Waals surface area (Å²) in [6.45, 7) is 0.511. The minimum atomic E-state index is 0.511. The molecule has 8 heavy (non-hydrogen) atoms. The summed E-state index contributed by atoms with van der Waals surface area (Å²) in [5.74, 6) is 0. The molecule has 1 aromatic rings. The first-order chi connectivity index (χ1) is 3.93. The standard InChI is InChI=1S/C4H4INO2/c5-7-3-4-1-2-8-6-4/h1-2H,3H2. The minimum absolute atomic E-state index is 0.511. The van der Waals surface area contributed by atoms with Crippen molar-refractivity contribution in [3.63, 3.8) is 0 Å². The normalized spacial score (nSPS) is 9.62. The molecule has 0 radical (unpaired) electrons. The number of hydrogen-bond acceptors (Lipinski definition) is 3. The Balaban J connectivity index is 2.50. The molecule has 4 heteroatoms. The molecule has 0 aromatic carbocycles. The third-order valence-corrected chi connectivity index (χ3v) is 1.01. The molecule has 1 aromatic heterocycles. The maximum atomic E-state index is 4.73. The molecular weight excluding hydrogens is 221 g/mol. The Morgan fingerprint density at radius 1 is 1.88 bits per heavy atom. The van der Waals surface area contributed by atoms with Gasteiger partial charge in [0.2, 0.25) is 0 Å². The molecule has 0 saturated carbocycles. The second-order valence-corrected chi connectivity index (χ2v) is 1.87. The number of hydrogen-bond donors (Lipinski definition) is 0. The van der Waals surface area contributed by atoms with E-state index in [4.69, 9.17) is 3.07 Å². The molecule has 0 aliphatic heterocycles. The van der Waals surface area contributed by atoms with Crippen LogP contribution in [0.2, 0.25) is 0 Å². The number of nitrogens with zero attached hydrogens (tertiary/aromatic N) is 1. The second-order valence-electron chi connectivity index (χ2n) is 1.24. The Bertz CT molecular complexity index is 140. The van der Waals surface area contributed by atoms with Crippen molar-refractivity contribution in [2.45, 2.75) is 6.61 Å². The summed E-state index contributed by atoms with van der Waals surface area (Å²) in [5.41, 5.74) is 0.819. The highest BCUT2D eigenvalue weighted by molar-refractivity contribution is 14.1. The molecule has 44 valence electrons. The SMILES string of the molecule is IOCc1ccon1. The largest absolute Gasteiger partial charge is 0.364 e. The highest BCUT2D eigenvalue weighted by atomic mass is 127. The second kappa shape index (κ2) is 3.03. The van der Waals surface area contributed by atoms with Crippen LogP contribution in [0.25, 0.3) is 0 Å². The average Bonchev–Trinajstić information content (AvgIpc) is 2.19. The summed E-state index contributed by atoms with van der Waals surface area (Å²) in [6.07, 6.45) is 1.52. The fourth-order valence-corrected chi connectivity index (χ4v) is 0.687. The molecule has 0 aliphatic carbocycles. The first-order valence-electron chi connectivity index (χ1n) is 2.06. The van der Waals surface area contributed by atoms with Gasteiger partial charge in [-0.15, -0.1) is 0 Å². The molecule has 0 aliphatic rings. The third-order valence-electron chi connectivity index (χ3n) is 0.694. The van der Waals surface area contributed by atoms with Crippen LogP contribution in [0, 0.1) is 0 Å². The molecule has 0 atom stereocenters. The summed E-state index contributed by atoms with van der Waals surface area (Å²) >= 11 is 1.81. The smallest absolute Gasteiger partial charge is 0.124 e. The molecular formula is C4H4INO2. The maximum absolute atomic E-state index is 4.73. The summed E-state index contributed by atoms with van der Waals surface area (Å²) in [5, 5.41) is 3.60. The van der Waals surface area contributed by atoms with Crippen molar-refractivity contribution in [3.8, 4) is 0 Å². The Morgan fingerprint density at radius 2 is 2.75 bits per heavy atom. The van der Waals surface area contributed by atoms with Crippen molar-refractivity contribution >= 4 is 23.0 Å². The number of rotatable bonds is 2. The van der Waals surface area contributed by atoms with Gasteiger partial charge in [0, 0.05) is 6.07 Å².